The Kier molecular flexibility index (Phi) is 3.46. The summed E-state index contributed by atoms with van der Waals surface area (Å²) in [7, 11) is 0. The lowest BCUT2D eigenvalue weighted by molar-refractivity contribution is -0.140. The zero-order valence-corrected chi connectivity index (χ0v) is 10.2. The summed E-state index contributed by atoms with van der Waals surface area (Å²) in [6.07, 6.45) is -2.82. The molecule has 1 heterocycles. The molecule has 4 nitrogen and oxygen atoms in total. The molecule has 2 aromatic rings. The summed E-state index contributed by atoms with van der Waals surface area (Å²) in [5.41, 5.74) is 0.830. The first-order valence-corrected chi connectivity index (χ1v) is 5.70. The van der Waals surface area contributed by atoms with E-state index in [1.165, 1.54) is 19.1 Å². The Morgan fingerprint density at radius 3 is 2.79 bits per heavy atom. The number of benzene rings is 1. The third kappa shape index (κ3) is 3.04. The molecule has 2 rings (SSSR count). The normalized spacial score (nSPS) is 11.8. The zero-order chi connectivity index (χ0) is 14.0. The van der Waals surface area contributed by atoms with Gasteiger partial charge in [-0.3, -0.25) is 9.89 Å². The molecule has 0 aliphatic heterocycles. The number of hydrogen-bond donors (Lipinski definition) is 1. The number of nitrogens with zero attached hydrogens (tertiary/aromatic N) is 2. The summed E-state index contributed by atoms with van der Waals surface area (Å²) >= 11 is 0. The van der Waals surface area contributed by atoms with E-state index in [1.54, 1.807) is 12.3 Å². The maximum absolute atomic E-state index is 12.4. The van der Waals surface area contributed by atoms with Crippen LogP contribution in [0.1, 0.15) is 17.3 Å². The van der Waals surface area contributed by atoms with Crippen molar-refractivity contribution in [2.24, 2.45) is 0 Å². The predicted octanol–water partition coefficient (Wildman–Crippen LogP) is 2.59. The Balaban J connectivity index is 2.25. The van der Waals surface area contributed by atoms with Gasteiger partial charge in [0.25, 0.3) is 5.91 Å². The van der Waals surface area contributed by atoms with Crippen molar-refractivity contribution in [3.05, 3.63) is 30.0 Å². The van der Waals surface area contributed by atoms with Gasteiger partial charge in [0.05, 0.1) is 11.7 Å². The van der Waals surface area contributed by atoms with Crippen LogP contribution in [0.25, 0.3) is 10.9 Å². The van der Waals surface area contributed by atoms with Crippen molar-refractivity contribution in [2.45, 2.75) is 13.1 Å². The number of nitrogens with one attached hydrogen (secondary N) is 1. The van der Waals surface area contributed by atoms with Crippen molar-refractivity contribution < 1.29 is 18.0 Å². The molecule has 7 heteroatoms. The van der Waals surface area contributed by atoms with E-state index >= 15 is 0 Å². The van der Waals surface area contributed by atoms with Crippen molar-refractivity contribution in [1.82, 2.24) is 15.1 Å². The summed E-state index contributed by atoms with van der Waals surface area (Å²) in [5, 5.41) is 7.27. The van der Waals surface area contributed by atoms with Crippen LogP contribution in [0.3, 0.4) is 0 Å². The maximum atomic E-state index is 12.4. The number of amides is 1. The summed E-state index contributed by atoms with van der Waals surface area (Å²) in [4.78, 5) is 12.8. The van der Waals surface area contributed by atoms with Gasteiger partial charge in [-0.15, -0.1) is 0 Å². The van der Waals surface area contributed by atoms with Crippen molar-refractivity contribution >= 4 is 16.8 Å². The van der Waals surface area contributed by atoms with Crippen molar-refractivity contribution in [2.75, 3.05) is 13.1 Å². The third-order valence-corrected chi connectivity index (χ3v) is 2.73. The van der Waals surface area contributed by atoms with E-state index in [4.69, 9.17) is 0 Å². The lowest BCUT2D eigenvalue weighted by atomic mass is 10.1. The first-order valence-electron chi connectivity index (χ1n) is 5.70. The van der Waals surface area contributed by atoms with Crippen LogP contribution < -0.4 is 0 Å². The molecule has 1 N–H and O–H groups in total. The Bertz CT molecular complexity index is 591. The molecule has 19 heavy (non-hydrogen) atoms. The van der Waals surface area contributed by atoms with E-state index in [2.05, 4.69) is 10.2 Å². The van der Waals surface area contributed by atoms with Crippen molar-refractivity contribution in [1.29, 1.82) is 0 Å². The number of halogens is 3. The van der Waals surface area contributed by atoms with Crippen LogP contribution in [-0.2, 0) is 0 Å². The third-order valence-electron chi connectivity index (χ3n) is 2.73. The second-order valence-electron chi connectivity index (χ2n) is 4.11. The summed E-state index contributed by atoms with van der Waals surface area (Å²) in [6.45, 7) is 0.265. The predicted molar refractivity (Wildman–Crippen MR) is 63.7 cm³/mol. The number of hydrogen-bond acceptors (Lipinski definition) is 2. The van der Waals surface area contributed by atoms with Crippen LogP contribution in [0.5, 0.6) is 0 Å². The number of carbonyl (C=O) groups is 1. The zero-order valence-electron chi connectivity index (χ0n) is 10.2. The van der Waals surface area contributed by atoms with E-state index in [0.717, 1.165) is 10.3 Å². The lowest BCUT2D eigenvalue weighted by Gasteiger charge is -2.22. The van der Waals surface area contributed by atoms with Gasteiger partial charge in [0, 0.05) is 17.5 Å². The molecule has 1 amide bonds. The van der Waals surface area contributed by atoms with Gasteiger partial charge in [0.15, 0.2) is 0 Å². The van der Waals surface area contributed by atoms with Gasteiger partial charge < -0.3 is 4.90 Å². The smallest absolute Gasteiger partial charge is 0.330 e. The van der Waals surface area contributed by atoms with Gasteiger partial charge in [0.2, 0.25) is 0 Å². The standard InChI is InChI=1S/C12H12F3N3O/c1-2-18(7-12(13,14)15)11(19)8-3-4-9-6-16-17-10(9)5-8/h3-6H,2,7H2,1H3,(H,16,17). The first-order chi connectivity index (χ1) is 8.90. The molecule has 0 saturated carbocycles. The first kappa shape index (κ1) is 13.4. The van der Waals surface area contributed by atoms with E-state index in [-0.39, 0.29) is 12.1 Å². The SMILES string of the molecule is CCN(CC(F)(F)F)C(=O)c1ccc2cn[nH]c2c1. The number of rotatable bonds is 3. The highest BCUT2D eigenvalue weighted by Crippen LogP contribution is 2.19. The van der Waals surface area contributed by atoms with Crippen LogP contribution in [0.15, 0.2) is 24.4 Å². The minimum atomic E-state index is -4.40. The molecule has 1 aromatic heterocycles. The molecular formula is C12H12F3N3O. The van der Waals surface area contributed by atoms with Crippen LogP contribution in [0.2, 0.25) is 0 Å². The molecular weight excluding hydrogens is 259 g/mol. The van der Waals surface area contributed by atoms with E-state index in [0.29, 0.717) is 5.52 Å². The van der Waals surface area contributed by atoms with Gasteiger partial charge in [0.1, 0.15) is 6.54 Å². The fourth-order valence-corrected chi connectivity index (χ4v) is 1.80. The highest BCUT2D eigenvalue weighted by molar-refractivity contribution is 5.97. The Hall–Kier alpha value is -2.05. The maximum Gasteiger partial charge on any atom is 0.406 e. The van der Waals surface area contributed by atoms with Crippen LogP contribution in [0, 0.1) is 0 Å². The van der Waals surface area contributed by atoms with Gasteiger partial charge in [-0.2, -0.15) is 18.3 Å². The Morgan fingerprint density at radius 1 is 1.42 bits per heavy atom. The second kappa shape index (κ2) is 4.91. The fourth-order valence-electron chi connectivity index (χ4n) is 1.80. The Labute approximate surface area is 107 Å². The van der Waals surface area contributed by atoms with E-state index < -0.39 is 18.6 Å². The summed E-state index contributed by atoms with van der Waals surface area (Å²) in [6, 6.07) is 4.65. The summed E-state index contributed by atoms with van der Waals surface area (Å²) in [5.74, 6) is -0.642. The molecule has 0 unspecified atom stereocenters. The fraction of sp³-hybridized carbons (Fsp3) is 0.333. The van der Waals surface area contributed by atoms with E-state index in [1.807, 2.05) is 0 Å². The molecule has 0 radical (unpaired) electrons. The molecule has 0 bridgehead atoms. The molecule has 0 atom stereocenters. The Morgan fingerprint density at radius 2 is 2.16 bits per heavy atom. The average molecular weight is 271 g/mol. The molecule has 0 aliphatic rings. The number of aromatic nitrogens is 2. The van der Waals surface area contributed by atoms with Crippen LogP contribution >= 0.6 is 0 Å². The molecule has 0 fully saturated rings. The number of fused-ring (bicyclic) bond motifs is 1. The second-order valence-corrected chi connectivity index (χ2v) is 4.11. The number of H-pyrrole nitrogens is 1. The van der Waals surface area contributed by atoms with Crippen molar-refractivity contribution in [3.63, 3.8) is 0 Å². The van der Waals surface area contributed by atoms with Crippen LogP contribution in [-0.4, -0.2) is 40.3 Å². The average Bonchev–Trinajstić information content (AvgIpc) is 2.81. The number of aromatic amines is 1. The van der Waals surface area contributed by atoms with Crippen LogP contribution in [0.4, 0.5) is 13.2 Å². The molecule has 0 saturated heterocycles. The minimum Gasteiger partial charge on any atom is -0.330 e. The van der Waals surface area contributed by atoms with Gasteiger partial charge in [-0.1, -0.05) is 6.07 Å². The van der Waals surface area contributed by atoms with Gasteiger partial charge in [-0.05, 0) is 19.1 Å². The lowest BCUT2D eigenvalue weighted by Crippen LogP contribution is -2.38. The number of alkyl halides is 3. The van der Waals surface area contributed by atoms with Gasteiger partial charge >= 0.3 is 6.18 Å². The van der Waals surface area contributed by atoms with E-state index in [9.17, 15) is 18.0 Å². The largest absolute Gasteiger partial charge is 0.406 e. The molecule has 102 valence electrons. The molecule has 0 aliphatic carbocycles. The van der Waals surface area contributed by atoms with Gasteiger partial charge in [-0.25, -0.2) is 0 Å². The topological polar surface area (TPSA) is 49.0 Å². The molecule has 0 spiro atoms. The van der Waals surface area contributed by atoms with Crippen molar-refractivity contribution in [3.8, 4) is 0 Å². The number of carbonyl (C=O) groups excluding carboxylic acids is 1. The monoisotopic (exact) mass is 271 g/mol. The summed E-state index contributed by atoms with van der Waals surface area (Å²) < 4.78 is 37.1. The molecule has 1 aromatic carbocycles. The highest BCUT2D eigenvalue weighted by atomic mass is 19.4. The quantitative estimate of drug-likeness (QED) is 0.932. The minimum absolute atomic E-state index is 0.000638. The highest BCUT2D eigenvalue weighted by Gasteiger charge is 2.32.